The Morgan fingerprint density at radius 3 is 2.66 bits per heavy atom. The lowest BCUT2D eigenvalue weighted by Gasteiger charge is -2.28. The fourth-order valence-electron chi connectivity index (χ4n) is 3.26. The van der Waals surface area contributed by atoms with Crippen molar-refractivity contribution in [3.05, 3.63) is 53.9 Å². The lowest BCUT2D eigenvalue weighted by molar-refractivity contribution is 0.0950. The van der Waals surface area contributed by atoms with E-state index in [4.69, 9.17) is 0 Å². The van der Waals surface area contributed by atoms with Crippen molar-refractivity contribution >= 4 is 27.0 Å². The van der Waals surface area contributed by atoms with Gasteiger partial charge >= 0.3 is 0 Å². The molecule has 3 N–H and O–H groups in total. The van der Waals surface area contributed by atoms with Gasteiger partial charge in [0.1, 0.15) is 0 Å². The van der Waals surface area contributed by atoms with Gasteiger partial charge in [-0.1, -0.05) is 12.1 Å². The molecule has 1 aliphatic rings. The summed E-state index contributed by atoms with van der Waals surface area (Å²) in [6, 6.07) is 8.15. The fraction of sp³-hybridized carbons (Fsp3) is 0.316. The van der Waals surface area contributed by atoms with Crippen LogP contribution in [0.4, 0.5) is 0 Å². The second-order valence-corrected chi connectivity index (χ2v) is 8.93. The summed E-state index contributed by atoms with van der Waals surface area (Å²) in [5.41, 5.74) is 1.82. The molecule has 2 aromatic heterocycles. The van der Waals surface area contributed by atoms with E-state index in [1.165, 1.54) is 10.5 Å². The maximum absolute atomic E-state index is 12.7. The molecule has 0 bridgehead atoms. The minimum Gasteiger partial charge on any atom is -0.393 e. The van der Waals surface area contributed by atoms with E-state index in [0.717, 1.165) is 10.9 Å². The van der Waals surface area contributed by atoms with Gasteiger partial charge in [-0.3, -0.25) is 9.89 Å². The molecule has 0 radical (unpaired) electrons. The number of pyridine rings is 1. The second-order valence-electron chi connectivity index (χ2n) is 6.99. The zero-order valence-electron chi connectivity index (χ0n) is 15.6. The van der Waals surface area contributed by atoms with Gasteiger partial charge in [-0.15, -0.1) is 0 Å². The predicted molar refractivity (Wildman–Crippen MR) is 106 cm³/mol. The number of nitrogens with zero attached hydrogens (tertiary/aromatic N) is 3. The number of aromatic nitrogens is 3. The van der Waals surface area contributed by atoms with Crippen LogP contribution in [0.25, 0.3) is 11.0 Å². The number of carbonyl (C=O) groups is 1. The molecule has 1 aliphatic heterocycles. The Kier molecular flexibility index (Phi) is 5.31. The van der Waals surface area contributed by atoms with Gasteiger partial charge in [-0.25, -0.2) is 13.4 Å². The van der Waals surface area contributed by atoms with Gasteiger partial charge in [0.25, 0.3) is 5.91 Å². The van der Waals surface area contributed by atoms with Crippen molar-refractivity contribution in [1.82, 2.24) is 24.8 Å². The van der Waals surface area contributed by atoms with Crippen LogP contribution in [0.15, 0.2) is 47.6 Å². The normalized spacial score (nSPS) is 16.2. The van der Waals surface area contributed by atoms with E-state index >= 15 is 0 Å². The number of benzene rings is 1. The fourth-order valence-corrected chi connectivity index (χ4v) is 4.73. The molecule has 10 heteroatoms. The third-order valence-electron chi connectivity index (χ3n) is 4.99. The molecule has 1 saturated heterocycles. The summed E-state index contributed by atoms with van der Waals surface area (Å²) in [5.74, 6) is -0.274. The van der Waals surface area contributed by atoms with E-state index in [2.05, 4.69) is 20.5 Å². The number of fused-ring (bicyclic) bond motifs is 1. The SMILES string of the molecule is O=C(NCc1ccc(S(=O)(=O)N2CCC(O)CC2)cc1)c1cnc2[nH]ncc2c1. The maximum atomic E-state index is 12.7. The molecular formula is C19H21N5O4S. The number of piperidine rings is 1. The van der Waals surface area contributed by atoms with Gasteiger partial charge in [0.2, 0.25) is 10.0 Å². The number of aromatic amines is 1. The lowest BCUT2D eigenvalue weighted by atomic mass is 10.1. The molecule has 152 valence electrons. The first kappa shape index (κ1) is 19.5. The molecule has 1 amide bonds. The van der Waals surface area contributed by atoms with Crippen molar-refractivity contribution in [2.75, 3.05) is 13.1 Å². The molecule has 0 aliphatic carbocycles. The van der Waals surface area contributed by atoms with E-state index in [1.807, 2.05) is 0 Å². The van der Waals surface area contributed by atoms with E-state index in [9.17, 15) is 18.3 Å². The van der Waals surface area contributed by atoms with E-state index < -0.39 is 16.1 Å². The van der Waals surface area contributed by atoms with Gasteiger partial charge in [0.15, 0.2) is 5.65 Å². The van der Waals surface area contributed by atoms with E-state index in [-0.39, 0.29) is 17.3 Å². The van der Waals surface area contributed by atoms with Gasteiger partial charge < -0.3 is 10.4 Å². The van der Waals surface area contributed by atoms with Crippen molar-refractivity contribution in [2.45, 2.75) is 30.4 Å². The summed E-state index contributed by atoms with van der Waals surface area (Å²) in [7, 11) is -3.57. The lowest BCUT2D eigenvalue weighted by Crippen LogP contribution is -2.39. The number of rotatable bonds is 5. The second kappa shape index (κ2) is 7.90. The zero-order valence-corrected chi connectivity index (χ0v) is 16.4. The first-order valence-corrected chi connectivity index (χ1v) is 10.7. The van der Waals surface area contributed by atoms with E-state index in [1.54, 1.807) is 36.5 Å². The molecular weight excluding hydrogens is 394 g/mol. The van der Waals surface area contributed by atoms with Crippen molar-refractivity contribution in [3.63, 3.8) is 0 Å². The van der Waals surface area contributed by atoms with Crippen LogP contribution >= 0.6 is 0 Å². The van der Waals surface area contributed by atoms with Crippen LogP contribution in [0.2, 0.25) is 0 Å². The number of hydrogen-bond acceptors (Lipinski definition) is 6. The number of sulfonamides is 1. The molecule has 0 saturated carbocycles. The Balaban J connectivity index is 1.39. The van der Waals surface area contributed by atoms with Crippen LogP contribution < -0.4 is 5.32 Å². The number of carbonyl (C=O) groups excluding carboxylic acids is 1. The summed E-state index contributed by atoms with van der Waals surface area (Å²) >= 11 is 0. The maximum Gasteiger partial charge on any atom is 0.253 e. The van der Waals surface area contributed by atoms with Crippen molar-refractivity contribution in [1.29, 1.82) is 0 Å². The summed E-state index contributed by atoms with van der Waals surface area (Å²) in [4.78, 5) is 16.7. The molecule has 0 spiro atoms. The average Bonchev–Trinajstić information content (AvgIpc) is 3.20. The number of nitrogens with one attached hydrogen (secondary N) is 2. The van der Waals surface area contributed by atoms with Crippen LogP contribution in [0, 0.1) is 0 Å². The average molecular weight is 415 g/mol. The van der Waals surface area contributed by atoms with Crippen molar-refractivity contribution < 1.29 is 18.3 Å². The van der Waals surface area contributed by atoms with Crippen LogP contribution in [-0.2, 0) is 16.6 Å². The molecule has 9 nitrogen and oxygen atoms in total. The summed E-state index contributed by atoms with van der Waals surface area (Å²) in [5, 5.41) is 19.7. The molecule has 4 rings (SSSR count). The molecule has 1 fully saturated rings. The highest BCUT2D eigenvalue weighted by Crippen LogP contribution is 2.21. The summed E-state index contributed by atoms with van der Waals surface area (Å²) in [6.45, 7) is 0.894. The summed E-state index contributed by atoms with van der Waals surface area (Å²) in [6.07, 6.45) is 3.53. The smallest absolute Gasteiger partial charge is 0.253 e. The largest absolute Gasteiger partial charge is 0.393 e. The molecule has 0 unspecified atom stereocenters. The van der Waals surface area contributed by atoms with Crippen LogP contribution in [0.1, 0.15) is 28.8 Å². The Hall–Kier alpha value is -2.82. The Morgan fingerprint density at radius 1 is 1.21 bits per heavy atom. The number of aliphatic hydroxyl groups is 1. The molecule has 3 aromatic rings. The quantitative estimate of drug-likeness (QED) is 0.571. The first-order valence-electron chi connectivity index (χ1n) is 9.28. The highest BCUT2D eigenvalue weighted by molar-refractivity contribution is 7.89. The number of amides is 1. The highest BCUT2D eigenvalue weighted by atomic mass is 32.2. The van der Waals surface area contributed by atoms with Crippen LogP contribution in [0.5, 0.6) is 0 Å². The minimum absolute atomic E-state index is 0.207. The topological polar surface area (TPSA) is 128 Å². The van der Waals surface area contributed by atoms with Gasteiger partial charge in [0.05, 0.1) is 22.8 Å². The monoisotopic (exact) mass is 415 g/mol. The molecule has 29 heavy (non-hydrogen) atoms. The third-order valence-corrected chi connectivity index (χ3v) is 6.90. The van der Waals surface area contributed by atoms with Gasteiger partial charge in [-0.05, 0) is 36.6 Å². The summed E-state index contributed by atoms with van der Waals surface area (Å²) < 4.78 is 26.8. The highest BCUT2D eigenvalue weighted by Gasteiger charge is 2.28. The molecule has 1 aromatic carbocycles. The number of H-pyrrole nitrogens is 1. The Bertz CT molecular complexity index is 1120. The molecule has 3 heterocycles. The van der Waals surface area contributed by atoms with Crippen molar-refractivity contribution in [3.8, 4) is 0 Å². The standard InChI is InChI=1S/C19H21N5O4S/c25-16-5-7-24(8-6-16)29(27,28)17-3-1-13(2-4-17)10-21-19(26)15-9-14-12-22-23-18(14)20-11-15/h1-4,9,11-12,16,25H,5-8,10H2,(H,21,26)(H,20,22,23). The number of hydrogen-bond donors (Lipinski definition) is 3. The van der Waals surface area contributed by atoms with E-state index in [0.29, 0.717) is 37.1 Å². The zero-order chi connectivity index (χ0) is 20.4. The van der Waals surface area contributed by atoms with Crippen LogP contribution in [-0.4, -0.2) is 58.1 Å². The molecule has 0 atom stereocenters. The first-order chi connectivity index (χ1) is 13.9. The Morgan fingerprint density at radius 2 is 1.93 bits per heavy atom. The third kappa shape index (κ3) is 4.14. The van der Waals surface area contributed by atoms with Gasteiger partial charge in [0, 0.05) is 31.2 Å². The predicted octanol–water partition coefficient (Wildman–Crippen LogP) is 1.03. The minimum atomic E-state index is -3.57. The Labute approximate surface area is 167 Å². The van der Waals surface area contributed by atoms with Crippen LogP contribution in [0.3, 0.4) is 0 Å². The number of aliphatic hydroxyl groups excluding tert-OH is 1. The van der Waals surface area contributed by atoms with Crippen molar-refractivity contribution in [2.24, 2.45) is 0 Å². The van der Waals surface area contributed by atoms with Gasteiger partial charge in [-0.2, -0.15) is 9.40 Å².